The SMILES string of the molecule is CC1CN(c2cccc(C(C)NC(=O)/C=C/c3ccccc3F)c2)CC(C)O1. The third-order valence-corrected chi connectivity index (χ3v) is 4.83. The number of hydrogen-bond acceptors (Lipinski definition) is 3. The van der Waals surface area contributed by atoms with Gasteiger partial charge in [0, 0.05) is 30.4 Å². The van der Waals surface area contributed by atoms with Crippen molar-refractivity contribution in [1.29, 1.82) is 0 Å². The zero-order valence-corrected chi connectivity index (χ0v) is 16.6. The van der Waals surface area contributed by atoms with E-state index in [1.807, 2.05) is 19.1 Å². The van der Waals surface area contributed by atoms with Gasteiger partial charge >= 0.3 is 0 Å². The minimum absolute atomic E-state index is 0.159. The van der Waals surface area contributed by atoms with Crippen LogP contribution in [0, 0.1) is 5.82 Å². The number of benzene rings is 2. The monoisotopic (exact) mass is 382 g/mol. The van der Waals surface area contributed by atoms with E-state index in [9.17, 15) is 9.18 Å². The van der Waals surface area contributed by atoms with Gasteiger partial charge in [-0.1, -0.05) is 30.3 Å². The number of halogens is 1. The molecule has 3 unspecified atom stereocenters. The molecule has 28 heavy (non-hydrogen) atoms. The Morgan fingerprint density at radius 2 is 1.89 bits per heavy atom. The Morgan fingerprint density at radius 3 is 2.61 bits per heavy atom. The first kappa shape index (κ1) is 20.1. The topological polar surface area (TPSA) is 41.6 Å². The highest BCUT2D eigenvalue weighted by Gasteiger charge is 2.22. The molecule has 2 aromatic rings. The Bertz CT molecular complexity index is 842. The lowest BCUT2D eigenvalue weighted by Gasteiger charge is -2.37. The maximum Gasteiger partial charge on any atom is 0.244 e. The third kappa shape index (κ3) is 5.20. The van der Waals surface area contributed by atoms with Gasteiger partial charge in [0.2, 0.25) is 5.91 Å². The summed E-state index contributed by atoms with van der Waals surface area (Å²) >= 11 is 0. The predicted octanol–water partition coefficient (Wildman–Crippen LogP) is 4.33. The van der Waals surface area contributed by atoms with E-state index >= 15 is 0 Å². The molecule has 148 valence electrons. The van der Waals surface area contributed by atoms with Gasteiger partial charge in [-0.15, -0.1) is 0 Å². The molecule has 1 N–H and O–H groups in total. The molecule has 1 heterocycles. The first-order valence-corrected chi connectivity index (χ1v) is 9.66. The van der Waals surface area contributed by atoms with E-state index in [1.54, 1.807) is 18.2 Å². The average Bonchev–Trinajstić information content (AvgIpc) is 2.66. The van der Waals surface area contributed by atoms with Gasteiger partial charge in [0.15, 0.2) is 0 Å². The van der Waals surface area contributed by atoms with E-state index in [0.29, 0.717) is 5.56 Å². The highest BCUT2D eigenvalue weighted by atomic mass is 19.1. The molecule has 1 amide bonds. The zero-order chi connectivity index (χ0) is 20.1. The molecule has 3 rings (SSSR count). The molecule has 1 saturated heterocycles. The summed E-state index contributed by atoms with van der Waals surface area (Å²) in [5, 5.41) is 2.94. The highest BCUT2D eigenvalue weighted by molar-refractivity contribution is 5.92. The van der Waals surface area contributed by atoms with E-state index in [1.165, 1.54) is 18.2 Å². The van der Waals surface area contributed by atoms with Gasteiger partial charge in [0.1, 0.15) is 5.82 Å². The number of nitrogens with zero attached hydrogens (tertiary/aromatic N) is 1. The number of nitrogens with one attached hydrogen (secondary N) is 1. The summed E-state index contributed by atoms with van der Waals surface area (Å²) in [6.45, 7) is 7.80. The molecule has 3 atom stereocenters. The Kier molecular flexibility index (Phi) is 6.47. The largest absolute Gasteiger partial charge is 0.372 e. The summed E-state index contributed by atoms with van der Waals surface area (Å²) in [6, 6.07) is 14.4. The van der Waals surface area contributed by atoms with Crippen LogP contribution in [0.5, 0.6) is 0 Å². The summed E-state index contributed by atoms with van der Waals surface area (Å²) in [7, 11) is 0. The van der Waals surface area contributed by atoms with Gasteiger partial charge in [-0.25, -0.2) is 4.39 Å². The lowest BCUT2D eigenvalue weighted by molar-refractivity contribution is -0.117. The van der Waals surface area contributed by atoms with Crippen molar-refractivity contribution in [2.45, 2.75) is 39.0 Å². The number of carbonyl (C=O) groups excluding carboxylic acids is 1. The summed E-state index contributed by atoms with van der Waals surface area (Å²) in [5.74, 6) is -0.601. The van der Waals surface area contributed by atoms with Crippen LogP contribution in [0.2, 0.25) is 0 Å². The van der Waals surface area contributed by atoms with Gasteiger partial charge in [0.05, 0.1) is 18.2 Å². The van der Waals surface area contributed by atoms with Crippen molar-refractivity contribution < 1.29 is 13.9 Å². The zero-order valence-electron chi connectivity index (χ0n) is 16.6. The molecular formula is C23H27FN2O2. The Hall–Kier alpha value is -2.66. The molecule has 0 bridgehead atoms. The number of hydrogen-bond donors (Lipinski definition) is 1. The van der Waals surface area contributed by atoms with E-state index in [4.69, 9.17) is 4.74 Å². The lowest BCUT2D eigenvalue weighted by Crippen LogP contribution is -2.45. The van der Waals surface area contributed by atoms with Crippen LogP contribution in [0.3, 0.4) is 0 Å². The summed E-state index contributed by atoms with van der Waals surface area (Å²) < 4.78 is 19.5. The smallest absolute Gasteiger partial charge is 0.244 e. The second kappa shape index (κ2) is 9.02. The number of morpholine rings is 1. The molecule has 1 aliphatic rings. The number of amides is 1. The summed E-state index contributed by atoms with van der Waals surface area (Å²) in [5.41, 5.74) is 2.54. The van der Waals surface area contributed by atoms with Crippen molar-refractivity contribution in [2.24, 2.45) is 0 Å². The molecule has 0 spiro atoms. The van der Waals surface area contributed by atoms with Crippen molar-refractivity contribution in [2.75, 3.05) is 18.0 Å². The van der Waals surface area contributed by atoms with Gasteiger partial charge < -0.3 is 15.0 Å². The van der Waals surface area contributed by atoms with Crippen molar-refractivity contribution in [1.82, 2.24) is 5.32 Å². The van der Waals surface area contributed by atoms with Gasteiger partial charge in [-0.05, 0) is 50.6 Å². The summed E-state index contributed by atoms with van der Waals surface area (Å²) in [4.78, 5) is 14.6. The van der Waals surface area contributed by atoms with Gasteiger partial charge in [0.25, 0.3) is 0 Å². The van der Waals surface area contributed by atoms with Crippen LogP contribution in [0.1, 0.15) is 37.9 Å². The molecule has 2 aromatic carbocycles. The fraction of sp³-hybridized carbons (Fsp3) is 0.348. The van der Waals surface area contributed by atoms with Crippen LogP contribution in [0.25, 0.3) is 6.08 Å². The number of ether oxygens (including phenoxy) is 1. The Morgan fingerprint density at radius 1 is 1.18 bits per heavy atom. The molecular weight excluding hydrogens is 355 g/mol. The van der Waals surface area contributed by atoms with Crippen LogP contribution >= 0.6 is 0 Å². The van der Waals surface area contributed by atoms with Crippen molar-refractivity contribution in [3.8, 4) is 0 Å². The minimum atomic E-state index is -0.346. The quantitative estimate of drug-likeness (QED) is 0.783. The molecule has 0 radical (unpaired) electrons. The van der Waals surface area contributed by atoms with Crippen LogP contribution < -0.4 is 10.2 Å². The van der Waals surface area contributed by atoms with Crippen LogP contribution in [0.4, 0.5) is 10.1 Å². The van der Waals surface area contributed by atoms with E-state index in [0.717, 1.165) is 24.3 Å². The minimum Gasteiger partial charge on any atom is -0.372 e. The van der Waals surface area contributed by atoms with E-state index < -0.39 is 0 Å². The normalized spacial score (nSPS) is 20.9. The third-order valence-electron chi connectivity index (χ3n) is 4.83. The van der Waals surface area contributed by atoms with Crippen LogP contribution in [-0.2, 0) is 9.53 Å². The fourth-order valence-electron chi connectivity index (χ4n) is 3.50. The highest BCUT2D eigenvalue weighted by Crippen LogP contribution is 2.24. The number of anilines is 1. The maximum absolute atomic E-state index is 13.6. The fourth-order valence-corrected chi connectivity index (χ4v) is 3.50. The van der Waals surface area contributed by atoms with Gasteiger partial charge in [-0.2, -0.15) is 0 Å². The Balaban J connectivity index is 1.65. The molecule has 0 aliphatic carbocycles. The standard InChI is InChI=1S/C23H27FN2O2/c1-16-14-26(15-17(2)28-16)21-9-6-8-20(13-21)18(3)25-23(27)12-11-19-7-4-5-10-22(19)24/h4-13,16-18H,14-15H2,1-3H3,(H,25,27)/b12-11+. The van der Waals surface area contributed by atoms with Crippen LogP contribution in [-0.4, -0.2) is 31.2 Å². The molecule has 0 saturated carbocycles. The van der Waals surface area contributed by atoms with Gasteiger partial charge in [-0.3, -0.25) is 4.79 Å². The maximum atomic E-state index is 13.6. The van der Waals surface area contributed by atoms with E-state index in [-0.39, 0.29) is 30.0 Å². The molecule has 5 heteroatoms. The second-order valence-corrected chi connectivity index (χ2v) is 7.34. The number of carbonyl (C=O) groups is 1. The van der Waals surface area contributed by atoms with E-state index in [2.05, 4.69) is 36.2 Å². The van der Waals surface area contributed by atoms with Crippen LogP contribution in [0.15, 0.2) is 54.6 Å². The number of rotatable bonds is 5. The molecule has 4 nitrogen and oxygen atoms in total. The summed E-state index contributed by atoms with van der Waals surface area (Å²) in [6.07, 6.45) is 3.23. The molecule has 1 aliphatic heterocycles. The molecule has 1 fully saturated rings. The molecule has 0 aromatic heterocycles. The van der Waals surface area contributed by atoms with Crippen molar-refractivity contribution >= 4 is 17.7 Å². The predicted molar refractivity (Wildman–Crippen MR) is 111 cm³/mol. The first-order chi connectivity index (χ1) is 13.4. The average molecular weight is 382 g/mol. The van der Waals surface area contributed by atoms with Crippen molar-refractivity contribution in [3.05, 3.63) is 71.6 Å². The Labute approximate surface area is 166 Å². The second-order valence-electron chi connectivity index (χ2n) is 7.34. The first-order valence-electron chi connectivity index (χ1n) is 9.66. The van der Waals surface area contributed by atoms with Crippen molar-refractivity contribution in [3.63, 3.8) is 0 Å². The lowest BCUT2D eigenvalue weighted by atomic mass is 10.1.